The number of phenolic OH excluding ortho intramolecular Hbond substituents is 1. The lowest BCUT2D eigenvalue weighted by molar-refractivity contribution is -0.143. The molecule has 0 fully saturated rings. The van der Waals surface area contributed by atoms with Crippen LogP contribution in [0.1, 0.15) is 21.3 Å². The SMILES string of the molecule is CN(C)C(=O)c1cccc(Nc2c(NC(c3cccs3)C(F)(F)F)c(=O)[nH][nH]c2=O)c1O. The minimum atomic E-state index is -4.78. The van der Waals surface area contributed by atoms with E-state index in [1.165, 1.54) is 54.7 Å². The number of H-pyrrole nitrogens is 2. The highest BCUT2D eigenvalue weighted by Gasteiger charge is 2.42. The molecule has 2 aromatic heterocycles. The van der Waals surface area contributed by atoms with Crippen molar-refractivity contribution in [2.24, 2.45) is 0 Å². The predicted octanol–water partition coefficient (Wildman–Crippen LogP) is 2.99. The number of nitrogens with zero attached hydrogens (tertiary/aromatic N) is 1. The number of aromatic nitrogens is 2. The van der Waals surface area contributed by atoms with E-state index in [1.54, 1.807) is 0 Å². The first-order valence-corrected chi connectivity index (χ1v) is 9.91. The molecule has 9 nitrogen and oxygen atoms in total. The molecule has 170 valence electrons. The van der Waals surface area contributed by atoms with Gasteiger partial charge in [-0.3, -0.25) is 24.6 Å². The molecular formula is C19H18F3N5O4S. The molecule has 3 aromatic rings. The van der Waals surface area contributed by atoms with E-state index in [-0.39, 0.29) is 16.1 Å². The van der Waals surface area contributed by atoms with E-state index in [9.17, 15) is 32.7 Å². The van der Waals surface area contributed by atoms with Crippen LogP contribution in [0.2, 0.25) is 0 Å². The second-order valence-electron chi connectivity index (χ2n) is 6.82. The minimum Gasteiger partial charge on any atom is -0.505 e. The number of carbonyl (C=O) groups is 1. The molecule has 0 radical (unpaired) electrons. The van der Waals surface area contributed by atoms with Crippen LogP contribution in [-0.2, 0) is 0 Å². The Morgan fingerprint density at radius 3 is 2.31 bits per heavy atom. The highest BCUT2D eigenvalue weighted by molar-refractivity contribution is 7.10. The first kappa shape index (κ1) is 22.9. The van der Waals surface area contributed by atoms with E-state index in [0.29, 0.717) is 0 Å². The van der Waals surface area contributed by atoms with E-state index in [4.69, 9.17) is 0 Å². The number of hydrogen-bond donors (Lipinski definition) is 5. The van der Waals surface area contributed by atoms with Crippen LogP contribution in [0.3, 0.4) is 0 Å². The van der Waals surface area contributed by atoms with Crippen LogP contribution in [0.25, 0.3) is 0 Å². The van der Waals surface area contributed by atoms with Gasteiger partial charge < -0.3 is 20.6 Å². The second-order valence-corrected chi connectivity index (χ2v) is 7.80. The Balaban J connectivity index is 2.08. The Kier molecular flexibility index (Phi) is 6.30. The number of carbonyl (C=O) groups excluding carboxylic acids is 1. The fraction of sp³-hybridized carbons (Fsp3) is 0.211. The molecule has 0 aliphatic rings. The number of nitrogens with one attached hydrogen (secondary N) is 4. The number of alkyl halides is 3. The van der Waals surface area contributed by atoms with Crippen LogP contribution in [0.15, 0.2) is 45.3 Å². The maximum absolute atomic E-state index is 13.7. The normalized spacial score (nSPS) is 12.3. The molecule has 13 heteroatoms. The molecule has 0 aliphatic heterocycles. The van der Waals surface area contributed by atoms with Gasteiger partial charge in [0.15, 0.2) is 11.8 Å². The molecule has 1 unspecified atom stereocenters. The summed E-state index contributed by atoms with van der Waals surface area (Å²) < 4.78 is 41.1. The predicted molar refractivity (Wildman–Crippen MR) is 114 cm³/mol. The molecule has 0 saturated carbocycles. The summed E-state index contributed by atoms with van der Waals surface area (Å²) in [6.45, 7) is 0. The van der Waals surface area contributed by atoms with Crippen molar-refractivity contribution in [2.75, 3.05) is 24.7 Å². The lowest BCUT2D eigenvalue weighted by Gasteiger charge is -2.22. The Hall–Kier alpha value is -3.74. The molecule has 0 saturated heterocycles. The van der Waals surface area contributed by atoms with Crippen molar-refractivity contribution < 1.29 is 23.1 Å². The van der Waals surface area contributed by atoms with E-state index in [1.807, 2.05) is 10.2 Å². The number of anilines is 3. The summed E-state index contributed by atoms with van der Waals surface area (Å²) >= 11 is 0.824. The number of benzene rings is 1. The lowest BCUT2D eigenvalue weighted by atomic mass is 10.1. The van der Waals surface area contributed by atoms with Gasteiger partial charge in [0.1, 0.15) is 11.4 Å². The average molecular weight is 469 g/mol. The smallest absolute Gasteiger partial charge is 0.413 e. The highest BCUT2D eigenvalue weighted by Crippen LogP contribution is 2.38. The van der Waals surface area contributed by atoms with Crippen molar-refractivity contribution in [1.29, 1.82) is 0 Å². The highest BCUT2D eigenvalue weighted by atomic mass is 32.1. The molecule has 32 heavy (non-hydrogen) atoms. The summed E-state index contributed by atoms with van der Waals surface area (Å²) in [5.41, 5.74) is -3.50. The monoisotopic (exact) mass is 469 g/mol. The van der Waals surface area contributed by atoms with Gasteiger partial charge in [-0.1, -0.05) is 12.1 Å². The molecule has 0 bridgehead atoms. The maximum Gasteiger partial charge on any atom is 0.413 e. The van der Waals surface area contributed by atoms with Crippen molar-refractivity contribution in [3.63, 3.8) is 0 Å². The van der Waals surface area contributed by atoms with Gasteiger partial charge in [-0.15, -0.1) is 11.3 Å². The number of rotatable bonds is 6. The Labute approximate surface area is 182 Å². The quantitative estimate of drug-likeness (QED) is 0.353. The summed E-state index contributed by atoms with van der Waals surface area (Å²) in [7, 11) is 2.93. The zero-order valence-electron chi connectivity index (χ0n) is 16.7. The van der Waals surface area contributed by atoms with E-state index in [2.05, 4.69) is 10.6 Å². The summed E-state index contributed by atoms with van der Waals surface area (Å²) in [5, 5.41) is 20.5. The van der Waals surface area contributed by atoms with Crippen LogP contribution in [0.5, 0.6) is 5.75 Å². The first-order valence-electron chi connectivity index (χ1n) is 9.03. The second kappa shape index (κ2) is 8.78. The number of halogens is 3. The van der Waals surface area contributed by atoms with E-state index >= 15 is 0 Å². The van der Waals surface area contributed by atoms with Crippen molar-refractivity contribution in [3.8, 4) is 5.75 Å². The Bertz CT molecular complexity index is 1230. The summed E-state index contributed by atoms with van der Waals surface area (Å²) in [4.78, 5) is 38.1. The third kappa shape index (κ3) is 4.61. The number of aromatic amines is 2. The van der Waals surface area contributed by atoms with Gasteiger partial charge in [-0.2, -0.15) is 13.2 Å². The van der Waals surface area contributed by atoms with Gasteiger partial charge in [0.25, 0.3) is 17.0 Å². The molecule has 1 amide bonds. The van der Waals surface area contributed by atoms with Crippen LogP contribution in [0, 0.1) is 0 Å². The first-order chi connectivity index (χ1) is 15.0. The summed E-state index contributed by atoms with van der Waals surface area (Å²) in [6.07, 6.45) is -4.78. The number of para-hydroxylation sites is 1. The summed E-state index contributed by atoms with van der Waals surface area (Å²) in [6, 6.07) is 4.44. The van der Waals surface area contributed by atoms with Crippen LogP contribution in [0.4, 0.5) is 30.2 Å². The van der Waals surface area contributed by atoms with Gasteiger partial charge in [0.2, 0.25) is 0 Å². The van der Waals surface area contributed by atoms with Gasteiger partial charge in [-0.05, 0) is 23.6 Å². The molecule has 0 spiro atoms. The number of phenols is 1. The van der Waals surface area contributed by atoms with Gasteiger partial charge in [-0.25, -0.2) is 0 Å². The number of amides is 1. The molecule has 2 heterocycles. The van der Waals surface area contributed by atoms with Crippen LogP contribution >= 0.6 is 11.3 Å². The average Bonchev–Trinajstić information content (AvgIpc) is 3.24. The maximum atomic E-state index is 13.7. The number of thiophene rings is 1. The fourth-order valence-electron chi connectivity index (χ4n) is 2.83. The fourth-order valence-corrected chi connectivity index (χ4v) is 3.63. The molecule has 0 aliphatic carbocycles. The van der Waals surface area contributed by atoms with Crippen molar-refractivity contribution in [2.45, 2.75) is 12.2 Å². The van der Waals surface area contributed by atoms with E-state index < -0.39 is 46.4 Å². The van der Waals surface area contributed by atoms with E-state index in [0.717, 1.165) is 11.3 Å². The summed E-state index contributed by atoms with van der Waals surface area (Å²) in [5.74, 6) is -1.08. The van der Waals surface area contributed by atoms with Crippen LogP contribution in [-0.4, -0.2) is 46.4 Å². The van der Waals surface area contributed by atoms with Crippen molar-refractivity contribution in [1.82, 2.24) is 15.1 Å². The Morgan fingerprint density at radius 1 is 1.09 bits per heavy atom. The van der Waals surface area contributed by atoms with Gasteiger partial charge >= 0.3 is 6.18 Å². The van der Waals surface area contributed by atoms with Crippen molar-refractivity contribution >= 4 is 34.3 Å². The largest absolute Gasteiger partial charge is 0.505 e. The molecule has 1 atom stereocenters. The Morgan fingerprint density at radius 2 is 1.75 bits per heavy atom. The third-order valence-corrected chi connectivity index (χ3v) is 5.31. The molecular weight excluding hydrogens is 451 g/mol. The minimum absolute atomic E-state index is 0.109. The van der Waals surface area contributed by atoms with Crippen molar-refractivity contribution in [3.05, 3.63) is 66.9 Å². The zero-order chi connectivity index (χ0) is 23.6. The lowest BCUT2D eigenvalue weighted by Crippen LogP contribution is -2.32. The van der Waals surface area contributed by atoms with Crippen LogP contribution < -0.4 is 21.8 Å². The molecule has 1 aromatic carbocycles. The third-order valence-electron chi connectivity index (χ3n) is 4.37. The zero-order valence-corrected chi connectivity index (χ0v) is 17.5. The van der Waals surface area contributed by atoms with Gasteiger partial charge in [0, 0.05) is 19.0 Å². The topological polar surface area (TPSA) is 130 Å². The molecule has 3 rings (SSSR count). The number of aromatic hydroxyl groups is 1. The number of hydrogen-bond acceptors (Lipinski definition) is 7. The van der Waals surface area contributed by atoms with Gasteiger partial charge in [0.05, 0.1) is 11.3 Å². The standard InChI is InChI=1S/C19H18F3N5O4S/c1-27(2)18(31)9-5-3-6-10(14(9)28)23-12-13(17(30)26-25-16(12)29)24-15(19(20,21)22)11-7-4-8-32-11/h3-8,15,28H,1-2H3,(H2,23,26,30)(H2,24,25,29). The molecule has 5 N–H and O–H groups in total.